The molecule has 1 aliphatic heterocycles. The van der Waals surface area contributed by atoms with Crippen LogP contribution < -0.4 is 4.90 Å². The molecule has 0 radical (unpaired) electrons. The monoisotopic (exact) mass is 255 g/mol. The Labute approximate surface area is 107 Å². The zero-order valence-corrected chi connectivity index (χ0v) is 11.1. The van der Waals surface area contributed by atoms with E-state index in [0.29, 0.717) is 11.3 Å². The fraction of sp³-hybridized carbons (Fsp3) is 0.667. The molecule has 0 unspecified atom stereocenters. The van der Waals surface area contributed by atoms with Crippen LogP contribution in [0.1, 0.15) is 25.3 Å². The van der Waals surface area contributed by atoms with Gasteiger partial charge in [0.25, 0.3) is 0 Å². The second-order valence-corrected chi connectivity index (χ2v) is 4.61. The van der Waals surface area contributed by atoms with Gasteiger partial charge in [-0.15, -0.1) is 0 Å². The third-order valence-electron chi connectivity index (χ3n) is 3.14. The molecule has 1 fully saturated rings. The molecule has 94 valence electrons. The number of hydrogen-bond acceptors (Lipinski definition) is 4. The predicted molar refractivity (Wildman–Crippen MR) is 68.6 cm³/mol. The van der Waals surface area contributed by atoms with Crippen molar-refractivity contribution in [3.8, 4) is 0 Å². The molecule has 0 saturated carbocycles. The maximum Gasteiger partial charge on any atom is 0.137 e. The Balaban J connectivity index is 2.03. The summed E-state index contributed by atoms with van der Waals surface area (Å²) >= 11 is 6.01. The summed E-state index contributed by atoms with van der Waals surface area (Å²) in [7, 11) is 0. The van der Waals surface area contributed by atoms with Gasteiger partial charge in [-0.2, -0.15) is 0 Å². The van der Waals surface area contributed by atoms with E-state index in [9.17, 15) is 0 Å². The smallest absolute Gasteiger partial charge is 0.137 e. The molecule has 4 nitrogen and oxygen atoms in total. The third kappa shape index (κ3) is 2.87. The molecule has 0 amide bonds. The number of nitrogens with zero attached hydrogens (tertiary/aromatic N) is 3. The fourth-order valence-electron chi connectivity index (χ4n) is 2.21. The number of rotatable bonds is 3. The maximum absolute atomic E-state index is 6.01. The first kappa shape index (κ1) is 12.6. The van der Waals surface area contributed by atoms with E-state index in [-0.39, 0.29) is 0 Å². The summed E-state index contributed by atoms with van der Waals surface area (Å²) in [6.07, 6.45) is 4.03. The lowest BCUT2D eigenvalue weighted by molar-refractivity contribution is 0.0458. The minimum Gasteiger partial charge on any atom is -0.378 e. The summed E-state index contributed by atoms with van der Waals surface area (Å²) < 4.78 is 5.64. The van der Waals surface area contributed by atoms with Gasteiger partial charge in [-0.05, 0) is 26.7 Å². The number of aromatic nitrogens is 2. The summed E-state index contributed by atoms with van der Waals surface area (Å²) in [4.78, 5) is 10.6. The summed E-state index contributed by atoms with van der Waals surface area (Å²) in [6.45, 7) is 6.74. The van der Waals surface area contributed by atoms with Crippen molar-refractivity contribution in [1.82, 2.24) is 9.97 Å². The molecular formula is C12H18ClN3O. The standard InChI is InChI=1S/C12H18ClN3O/c1-3-17-10-4-6-16(7-5-10)12-9(2)11(13)14-8-15-12/h8,10H,3-7H2,1-2H3. The van der Waals surface area contributed by atoms with Crippen molar-refractivity contribution in [2.45, 2.75) is 32.8 Å². The molecule has 17 heavy (non-hydrogen) atoms. The highest BCUT2D eigenvalue weighted by Crippen LogP contribution is 2.25. The van der Waals surface area contributed by atoms with Gasteiger partial charge in [0.05, 0.1) is 6.10 Å². The van der Waals surface area contributed by atoms with E-state index in [0.717, 1.165) is 43.9 Å². The highest BCUT2D eigenvalue weighted by atomic mass is 35.5. The summed E-state index contributed by atoms with van der Waals surface area (Å²) in [5.41, 5.74) is 0.962. The molecule has 0 spiro atoms. The Morgan fingerprint density at radius 3 is 2.76 bits per heavy atom. The largest absolute Gasteiger partial charge is 0.378 e. The number of hydrogen-bond donors (Lipinski definition) is 0. The lowest BCUT2D eigenvalue weighted by Crippen LogP contribution is -2.38. The molecule has 1 aliphatic rings. The minimum atomic E-state index is 0.397. The van der Waals surface area contributed by atoms with Crippen LogP contribution in [0.4, 0.5) is 5.82 Å². The van der Waals surface area contributed by atoms with Gasteiger partial charge >= 0.3 is 0 Å². The summed E-state index contributed by atoms with van der Waals surface area (Å²) in [5.74, 6) is 0.958. The van der Waals surface area contributed by atoms with Gasteiger partial charge in [-0.3, -0.25) is 0 Å². The molecule has 1 aromatic heterocycles. The highest BCUT2D eigenvalue weighted by molar-refractivity contribution is 6.30. The number of ether oxygens (including phenoxy) is 1. The molecule has 0 atom stereocenters. The minimum absolute atomic E-state index is 0.397. The summed E-state index contributed by atoms with van der Waals surface area (Å²) in [6, 6.07) is 0. The van der Waals surface area contributed by atoms with Crippen LogP contribution in [0.2, 0.25) is 5.15 Å². The number of anilines is 1. The summed E-state index contributed by atoms with van der Waals surface area (Å²) in [5, 5.41) is 0.543. The van der Waals surface area contributed by atoms with Gasteiger partial charge < -0.3 is 9.64 Å². The van der Waals surface area contributed by atoms with Crippen molar-refractivity contribution in [3.63, 3.8) is 0 Å². The normalized spacial score (nSPS) is 17.5. The van der Waals surface area contributed by atoms with Crippen LogP contribution in [0.3, 0.4) is 0 Å². The van der Waals surface area contributed by atoms with Crippen molar-refractivity contribution >= 4 is 17.4 Å². The van der Waals surface area contributed by atoms with Gasteiger partial charge in [0.15, 0.2) is 0 Å². The van der Waals surface area contributed by atoms with E-state index in [1.54, 1.807) is 0 Å². The van der Waals surface area contributed by atoms with Crippen molar-refractivity contribution in [3.05, 3.63) is 17.0 Å². The average molecular weight is 256 g/mol. The topological polar surface area (TPSA) is 38.2 Å². The van der Waals surface area contributed by atoms with Crippen molar-refractivity contribution in [2.24, 2.45) is 0 Å². The second-order valence-electron chi connectivity index (χ2n) is 4.25. The van der Waals surface area contributed by atoms with Crippen LogP contribution in [0.5, 0.6) is 0 Å². The van der Waals surface area contributed by atoms with Crippen molar-refractivity contribution in [2.75, 3.05) is 24.6 Å². The van der Waals surface area contributed by atoms with Crippen LogP contribution in [0.25, 0.3) is 0 Å². The Morgan fingerprint density at radius 2 is 2.12 bits per heavy atom. The van der Waals surface area contributed by atoms with Crippen molar-refractivity contribution < 1.29 is 4.74 Å². The van der Waals surface area contributed by atoms with Gasteiger partial charge in [-0.25, -0.2) is 9.97 Å². The SMILES string of the molecule is CCOC1CCN(c2ncnc(Cl)c2C)CC1. The zero-order chi connectivity index (χ0) is 12.3. The molecule has 1 aromatic rings. The predicted octanol–water partition coefficient (Wildman–Crippen LogP) is 2.44. The number of piperidine rings is 1. The maximum atomic E-state index is 6.01. The van der Waals surface area contributed by atoms with Gasteiger partial charge in [-0.1, -0.05) is 11.6 Å². The lowest BCUT2D eigenvalue weighted by Gasteiger charge is -2.33. The van der Waals surface area contributed by atoms with E-state index < -0.39 is 0 Å². The first-order valence-corrected chi connectivity index (χ1v) is 6.43. The molecule has 5 heteroatoms. The van der Waals surface area contributed by atoms with Gasteiger partial charge in [0.1, 0.15) is 17.3 Å². The quantitative estimate of drug-likeness (QED) is 0.778. The average Bonchev–Trinajstić information content (AvgIpc) is 2.34. The van der Waals surface area contributed by atoms with E-state index in [4.69, 9.17) is 16.3 Å². The third-order valence-corrected chi connectivity index (χ3v) is 3.52. The molecular weight excluding hydrogens is 238 g/mol. The van der Waals surface area contributed by atoms with Crippen LogP contribution >= 0.6 is 11.6 Å². The zero-order valence-electron chi connectivity index (χ0n) is 10.3. The Morgan fingerprint density at radius 1 is 1.41 bits per heavy atom. The highest BCUT2D eigenvalue weighted by Gasteiger charge is 2.21. The van der Waals surface area contributed by atoms with Gasteiger partial charge in [0, 0.05) is 25.3 Å². The van der Waals surface area contributed by atoms with Crippen LogP contribution in [-0.2, 0) is 4.74 Å². The fourth-order valence-corrected chi connectivity index (χ4v) is 2.34. The molecule has 0 N–H and O–H groups in total. The van der Waals surface area contributed by atoms with E-state index in [2.05, 4.69) is 14.9 Å². The van der Waals surface area contributed by atoms with Crippen LogP contribution in [0.15, 0.2) is 6.33 Å². The van der Waals surface area contributed by atoms with Crippen LogP contribution in [-0.4, -0.2) is 35.8 Å². The van der Waals surface area contributed by atoms with Crippen molar-refractivity contribution in [1.29, 1.82) is 0 Å². The number of halogens is 1. The Bertz CT molecular complexity index is 378. The van der Waals surface area contributed by atoms with Crippen LogP contribution in [0, 0.1) is 6.92 Å². The first-order valence-electron chi connectivity index (χ1n) is 6.06. The van der Waals surface area contributed by atoms with E-state index in [1.807, 2.05) is 13.8 Å². The molecule has 0 aromatic carbocycles. The van der Waals surface area contributed by atoms with E-state index >= 15 is 0 Å². The molecule has 2 heterocycles. The molecule has 2 rings (SSSR count). The lowest BCUT2D eigenvalue weighted by atomic mass is 10.1. The molecule has 1 saturated heterocycles. The van der Waals surface area contributed by atoms with Gasteiger partial charge in [0.2, 0.25) is 0 Å². The first-order chi connectivity index (χ1) is 8.22. The Hall–Kier alpha value is -0.870. The Kier molecular flexibility index (Phi) is 4.18. The molecule has 0 aliphatic carbocycles. The second kappa shape index (κ2) is 5.65. The van der Waals surface area contributed by atoms with E-state index in [1.165, 1.54) is 6.33 Å². The molecule has 0 bridgehead atoms.